The van der Waals surface area contributed by atoms with Gasteiger partial charge in [-0.2, -0.15) is 0 Å². The molecule has 3 aromatic carbocycles. The van der Waals surface area contributed by atoms with Gasteiger partial charge < -0.3 is 10.4 Å². The number of halogens is 1. The average Bonchev–Trinajstić information content (AvgIpc) is 3.03. The van der Waals surface area contributed by atoms with Gasteiger partial charge in [-0.3, -0.25) is 9.20 Å². The summed E-state index contributed by atoms with van der Waals surface area (Å²) in [7, 11) is 0. The predicted octanol–water partition coefficient (Wildman–Crippen LogP) is 3.65. The number of nitrogens with one attached hydrogen (secondary N) is 1. The Bertz CT molecular complexity index is 1360. The van der Waals surface area contributed by atoms with Crippen molar-refractivity contribution < 1.29 is 5.11 Å². The van der Waals surface area contributed by atoms with Gasteiger partial charge in [0.15, 0.2) is 0 Å². The number of nitrogens with zero attached hydrogens (tertiary/aromatic N) is 2. The van der Waals surface area contributed by atoms with Crippen LogP contribution in [0.2, 0.25) is 5.02 Å². The van der Waals surface area contributed by atoms with Crippen LogP contribution in [0.3, 0.4) is 0 Å². The van der Waals surface area contributed by atoms with E-state index in [9.17, 15) is 4.79 Å². The molecule has 2 N–H and O–H groups in total. The lowest BCUT2D eigenvalue weighted by Crippen LogP contribution is -2.13. The van der Waals surface area contributed by atoms with Crippen LogP contribution in [0, 0.1) is 0 Å². The normalized spacial score (nSPS) is 11.9. The topological polar surface area (TPSA) is 66.6 Å². The number of aliphatic hydroxyl groups is 1. The number of hydrogen-bond acceptors (Lipinski definition) is 4. The molecule has 26 heavy (non-hydrogen) atoms. The molecule has 0 atom stereocenters. The number of fused-ring (bicyclic) bond motifs is 4. The van der Waals surface area contributed by atoms with Crippen LogP contribution in [0.25, 0.3) is 38.2 Å². The van der Waals surface area contributed by atoms with Crippen molar-refractivity contribution >= 4 is 55.5 Å². The van der Waals surface area contributed by atoms with Crippen LogP contribution in [0.1, 0.15) is 0 Å². The molecule has 0 spiro atoms. The van der Waals surface area contributed by atoms with E-state index in [1.807, 2.05) is 36.4 Å². The molecule has 2 heterocycles. The zero-order valence-corrected chi connectivity index (χ0v) is 14.4. The van der Waals surface area contributed by atoms with Crippen molar-refractivity contribution in [1.82, 2.24) is 9.38 Å². The van der Waals surface area contributed by atoms with Crippen LogP contribution < -0.4 is 10.9 Å². The third-order valence-corrected chi connectivity index (χ3v) is 4.99. The molecule has 2 aromatic heterocycles. The van der Waals surface area contributed by atoms with Gasteiger partial charge in [0, 0.05) is 38.8 Å². The van der Waals surface area contributed by atoms with E-state index in [-0.39, 0.29) is 12.2 Å². The highest BCUT2D eigenvalue weighted by Gasteiger charge is 2.17. The number of pyridine rings is 1. The molecule has 5 aromatic rings. The maximum Gasteiger partial charge on any atom is 0.264 e. The summed E-state index contributed by atoms with van der Waals surface area (Å²) >= 11 is 6.10. The van der Waals surface area contributed by atoms with Gasteiger partial charge in [-0.25, -0.2) is 4.98 Å². The van der Waals surface area contributed by atoms with Crippen LogP contribution >= 0.6 is 11.6 Å². The van der Waals surface area contributed by atoms with Crippen molar-refractivity contribution in [2.45, 2.75) is 0 Å². The lowest BCUT2D eigenvalue weighted by atomic mass is 10.0. The molecular formula is C20H14ClN3O2. The summed E-state index contributed by atoms with van der Waals surface area (Å²) in [5, 5.41) is 16.3. The van der Waals surface area contributed by atoms with Crippen LogP contribution in [-0.4, -0.2) is 27.6 Å². The van der Waals surface area contributed by atoms with Crippen molar-refractivity contribution in [2.75, 3.05) is 18.5 Å². The first-order valence-electron chi connectivity index (χ1n) is 8.32. The highest BCUT2D eigenvalue weighted by Crippen LogP contribution is 2.34. The highest BCUT2D eigenvalue weighted by atomic mass is 35.5. The van der Waals surface area contributed by atoms with Crippen molar-refractivity contribution in [3.63, 3.8) is 0 Å². The molecule has 0 aliphatic carbocycles. The first-order valence-corrected chi connectivity index (χ1v) is 8.70. The summed E-state index contributed by atoms with van der Waals surface area (Å²) in [5.41, 5.74) is 2.87. The van der Waals surface area contributed by atoms with Crippen molar-refractivity contribution in [3.8, 4) is 0 Å². The van der Waals surface area contributed by atoms with Gasteiger partial charge in [0.25, 0.3) is 5.56 Å². The fourth-order valence-electron chi connectivity index (χ4n) is 3.68. The van der Waals surface area contributed by atoms with Crippen molar-refractivity contribution in [2.24, 2.45) is 0 Å². The second-order valence-corrected chi connectivity index (χ2v) is 6.68. The molecule has 0 aliphatic heterocycles. The lowest BCUT2D eigenvalue weighted by molar-refractivity contribution is 0.311. The Morgan fingerprint density at radius 2 is 1.92 bits per heavy atom. The summed E-state index contributed by atoms with van der Waals surface area (Å²) in [6.07, 6.45) is 0. The Hall–Kier alpha value is -2.89. The van der Waals surface area contributed by atoms with Crippen LogP contribution in [0.15, 0.2) is 53.3 Å². The Labute approximate surface area is 152 Å². The molecule has 5 rings (SSSR count). The number of hydrogen-bond donors (Lipinski definition) is 2. The summed E-state index contributed by atoms with van der Waals surface area (Å²) in [6.45, 7) is 0.488. The van der Waals surface area contributed by atoms with Gasteiger partial charge in [0.1, 0.15) is 5.65 Å². The van der Waals surface area contributed by atoms with E-state index >= 15 is 0 Å². The Morgan fingerprint density at radius 1 is 1.08 bits per heavy atom. The first-order chi connectivity index (χ1) is 12.7. The molecule has 128 valence electrons. The molecule has 0 fully saturated rings. The molecule has 0 amide bonds. The van der Waals surface area contributed by atoms with E-state index in [1.54, 1.807) is 16.5 Å². The van der Waals surface area contributed by atoms with E-state index in [0.29, 0.717) is 28.1 Å². The predicted molar refractivity (Wildman–Crippen MR) is 106 cm³/mol. The third kappa shape index (κ3) is 2.01. The Balaban J connectivity index is 2.00. The summed E-state index contributed by atoms with van der Waals surface area (Å²) < 4.78 is 1.66. The summed E-state index contributed by atoms with van der Waals surface area (Å²) in [5.74, 6) is 0. The van der Waals surface area contributed by atoms with Gasteiger partial charge in [-0.15, -0.1) is 0 Å². The number of rotatable bonds is 3. The zero-order chi connectivity index (χ0) is 17.8. The molecule has 0 aliphatic rings. The molecule has 5 nitrogen and oxygen atoms in total. The van der Waals surface area contributed by atoms with E-state index in [4.69, 9.17) is 16.7 Å². The molecular weight excluding hydrogens is 350 g/mol. The van der Waals surface area contributed by atoms with Gasteiger partial charge >= 0.3 is 0 Å². The smallest absolute Gasteiger partial charge is 0.264 e. The van der Waals surface area contributed by atoms with Gasteiger partial charge in [0.05, 0.1) is 17.6 Å². The second kappa shape index (κ2) is 5.56. The monoisotopic (exact) mass is 363 g/mol. The van der Waals surface area contributed by atoms with Crippen LogP contribution in [0.4, 0.5) is 5.69 Å². The van der Waals surface area contributed by atoms with Gasteiger partial charge in [0.2, 0.25) is 0 Å². The van der Waals surface area contributed by atoms with E-state index < -0.39 is 0 Å². The molecule has 6 heteroatoms. The fraction of sp³-hybridized carbons (Fsp3) is 0.100. The maximum atomic E-state index is 13.2. The molecule has 0 unspecified atom stereocenters. The maximum absolute atomic E-state index is 13.2. The average molecular weight is 364 g/mol. The minimum absolute atomic E-state index is 0.0401. The minimum Gasteiger partial charge on any atom is -0.395 e. The number of benzene rings is 3. The van der Waals surface area contributed by atoms with E-state index in [0.717, 1.165) is 27.4 Å². The molecule has 0 saturated carbocycles. The van der Waals surface area contributed by atoms with Crippen LogP contribution in [-0.2, 0) is 0 Å². The number of anilines is 1. The largest absolute Gasteiger partial charge is 0.395 e. The highest BCUT2D eigenvalue weighted by molar-refractivity contribution is 6.31. The van der Waals surface area contributed by atoms with Gasteiger partial charge in [-0.05, 0) is 36.4 Å². The number of imidazole rings is 1. The first kappa shape index (κ1) is 15.4. The number of aromatic nitrogens is 2. The van der Waals surface area contributed by atoms with E-state index in [2.05, 4.69) is 10.3 Å². The summed E-state index contributed by atoms with van der Waals surface area (Å²) in [4.78, 5) is 17.9. The zero-order valence-electron chi connectivity index (χ0n) is 13.7. The molecule has 0 radical (unpaired) electrons. The Kier molecular flexibility index (Phi) is 3.29. The van der Waals surface area contributed by atoms with E-state index in [1.165, 1.54) is 0 Å². The second-order valence-electron chi connectivity index (χ2n) is 6.25. The van der Waals surface area contributed by atoms with Crippen LogP contribution in [0.5, 0.6) is 0 Å². The molecule has 0 bridgehead atoms. The van der Waals surface area contributed by atoms with Crippen molar-refractivity contribution in [1.29, 1.82) is 0 Å². The number of aliphatic hydroxyl groups excluding tert-OH is 1. The van der Waals surface area contributed by atoms with Gasteiger partial charge in [-0.1, -0.05) is 23.7 Å². The standard InChI is InChI=1S/C20H14ClN3O2/c21-11-4-7-17-16(10-11)23-19-13-5-6-15(22-8-9-25)12-2-1-3-14(18(12)13)20(26)24(17)19/h1-7,10,22,25H,8-9H2. The summed E-state index contributed by atoms with van der Waals surface area (Å²) in [6, 6.07) is 15.0. The molecule has 0 saturated heterocycles. The third-order valence-electron chi connectivity index (χ3n) is 4.76. The minimum atomic E-state index is -0.0952. The quantitative estimate of drug-likeness (QED) is 0.513. The SMILES string of the molecule is O=c1c2cccc3c(NCCO)ccc(c32)c2nc3cc(Cl)ccc3n12. The van der Waals surface area contributed by atoms with Crippen molar-refractivity contribution in [3.05, 3.63) is 63.9 Å². The lowest BCUT2D eigenvalue weighted by Gasteiger charge is -2.12. The fourth-order valence-corrected chi connectivity index (χ4v) is 3.84. The Morgan fingerprint density at radius 3 is 2.77 bits per heavy atom.